The molecule has 0 bridgehead atoms. The van der Waals surface area contributed by atoms with E-state index in [9.17, 15) is 9.90 Å². The maximum Gasteiger partial charge on any atom is 0.323 e. The summed E-state index contributed by atoms with van der Waals surface area (Å²) in [5, 5.41) is 12.4. The van der Waals surface area contributed by atoms with E-state index in [0.717, 1.165) is 11.3 Å². The van der Waals surface area contributed by atoms with Gasteiger partial charge < -0.3 is 9.84 Å². The van der Waals surface area contributed by atoms with Crippen LogP contribution < -0.4 is 10.1 Å². The van der Waals surface area contributed by atoms with E-state index in [4.69, 9.17) is 4.74 Å². The van der Waals surface area contributed by atoms with Gasteiger partial charge in [-0.05, 0) is 51.8 Å². The highest BCUT2D eigenvalue weighted by atomic mass is 16.5. The molecule has 1 rings (SSSR count). The van der Waals surface area contributed by atoms with Gasteiger partial charge in [0.1, 0.15) is 11.3 Å². The third-order valence-electron chi connectivity index (χ3n) is 3.49. The van der Waals surface area contributed by atoms with Crippen LogP contribution in [-0.4, -0.2) is 29.3 Å². The van der Waals surface area contributed by atoms with Gasteiger partial charge in [-0.25, -0.2) is 0 Å². The SMILES string of the molecule is Cc1cccc(OCCC(C)(NC(C)C)C(=O)O)c1C. The molecule has 1 atom stereocenters. The zero-order valence-electron chi connectivity index (χ0n) is 13.0. The Kier molecular flexibility index (Phi) is 5.57. The molecule has 0 fully saturated rings. The fraction of sp³-hybridized carbons (Fsp3) is 0.562. The van der Waals surface area contributed by atoms with Crippen LogP contribution in [0.3, 0.4) is 0 Å². The molecule has 4 heteroatoms. The highest BCUT2D eigenvalue weighted by molar-refractivity contribution is 5.78. The van der Waals surface area contributed by atoms with Crippen LogP contribution in [-0.2, 0) is 4.79 Å². The van der Waals surface area contributed by atoms with Gasteiger partial charge in [0.15, 0.2) is 0 Å². The van der Waals surface area contributed by atoms with Crippen molar-refractivity contribution < 1.29 is 14.6 Å². The largest absolute Gasteiger partial charge is 0.493 e. The fourth-order valence-electron chi connectivity index (χ4n) is 2.12. The Hall–Kier alpha value is -1.55. The van der Waals surface area contributed by atoms with Gasteiger partial charge >= 0.3 is 5.97 Å². The monoisotopic (exact) mass is 279 g/mol. The number of carboxylic acids is 1. The molecule has 4 nitrogen and oxygen atoms in total. The zero-order chi connectivity index (χ0) is 15.3. The van der Waals surface area contributed by atoms with Crippen LogP contribution >= 0.6 is 0 Å². The molecule has 0 radical (unpaired) electrons. The van der Waals surface area contributed by atoms with E-state index in [-0.39, 0.29) is 6.04 Å². The maximum atomic E-state index is 11.4. The zero-order valence-corrected chi connectivity index (χ0v) is 13.0. The molecule has 20 heavy (non-hydrogen) atoms. The average Bonchev–Trinajstić information content (AvgIpc) is 2.33. The third kappa shape index (κ3) is 4.23. The Bertz CT molecular complexity index is 471. The lowest BCUT2D eigenvalue weighted by Crippen LogP contribution is -2.53. The molecule has 0 aliphatic heterocycles. The molecule has 1 unspecified atom stereocenters. The van der Waals surface area contributed by atoms with Crippen LogP contribution in [0.1, 0.15) is 38.3 Å². The first kappa shape index (κ1) is 16.5. The van der Waals surface area contributed by atoms with E-state index < -0.39 is 11.5 Å². The van der Waals surface area contributed by atoms with Crippen molar-refractivity contribution in [2.24, 2.45) is 0 Å². The van der Waals surface area contributed by atoms with Crippen LogP contribution in [0.4, 0.5) is 0 Å². The van der Waals surface area contributed by atoms with E-state index in [1.807, 2.05) is 45.9 Å². The summed E-state index contributed by atoms with van der Waals surface area (Å²) in [7, 11) is 0. The number of carbonyl (C=O) groups is 1. The van der Waals surface area contributed by atoms with E-state index >= 15 is 0 Å². The van der Waals surface area contributed by atoms with Crippen molar-refractivity contribution >= 4 is 5.97 Å². The maximum absolute atomic E-state index is 11.4. The minimum Gasteiger partial charge on any atom is -0.493 e. The first-order chi connectivity index (χ1) is 9.26. The Morgan fingerprint density at radius 2 is 2.05 bits per heavy atom. The Balaban J connectivity index is 2.65. The Morgan fingerprint density at radius 3 is 2.60 bits per heavy atom. The van der Waals surface area contributed by atoms with Crippen LogP contribution in [0.5, 0.6) is 5.75 Å². The topological polar surface area (TPSA) is 58.6 Å². The van der Waals surface area contributed by atoms with Gasteiger partial charge in [0.25, 0.3) is 0 Å². The second-order valence-electron chi connectivity index (χ2n) is 5.73. The van der Waals surface area contributed by atoms with Gasteiger partial charge in [-0.2, -0.15) is 0 Å². The number of hydrogen-bond acceptors (Lipinski definition) is 3. The molecule has 1 aromatic rings. The summed E-state index contributed by atoms with van der Waals surface area (Å²) in [6.45, 7) is 9.98. The van der Waals surface area contributed by atoms with Gasteiger partial charge in [-0.15, -0.1) is 0 Å². The molecule has 2 N–H and O–H groups in total. The van der Waals surface area contributed by atoms with E-state index in [2.05, 4.69) is 5.32 Å². The van der Waals surface area contributed by atoms with Crippen molar-refractivity contribution in [2.75, 3.05) is 6.61 Å². The molecule has 0 amide bonds. The highest BCUT2D eigenvalue weighted by Crippen LogP contribution is 2.21. The summed E-state index contributed by atoms with van der Waals surface area (Å²) in [6, 6.07) is 6.00. The normalized spacial score (nSPS) is 14.1. The third-order valence-corrected chi connectivity index (χ3v) is 3.49. The summed E-state index contributed by atoms with van der Waals surface area (Å²) in [6.07, 6.45) is 0.411. The van der Waals surface area contributed by atoms with Gasteiger partial charge in [0, 0.05) is 12.5 Å². The van der Waals surface area contributed by atoms with Crippen molar-refractivity contribution in [3.8, 4) is 5.75 Å². The molecular formula is C16H25NO3. The average molecular weight is 279 g/mol. The number of aliphatic carboxylic acids is 1. The van der Waals surface area contributed by atoms with Crippen LogP contribution in [0.2, 0.25) is 0 Å². The van der Waals surface area contributed by atoms with Crippen LogP contribution in [0.25, 0.3) is 0 Å². The lowest BCUT2D eigenvalue weighted by atomic mass is 9.97. The molecule has 0 aliphatic rings. The summed E-state index contributed by atoms with van der Waals surface area (Å²) in [5.74, 6) is -0.0296. The number of ether oxygens (including phenoxy) is 1. The van der Waals surface area contributed by atoms with E-state index in [1.165, 1.54) is 5.56 Å². The van der Waals surface area contributed by atoms with Gasteiger partial charge in [-0.1, -0.05) is 12.1 Å². The van der Waals surface area contributed by atoms with Crippen LogP contribution in [0.15, 0.2) is 18.2 Å². The lowest BCUT2D eigenvalue weighted by Gasteiger charge is -2.28. The van der Waals surface area contributed by atoms with Crippen molar-refractivity contribution in [3.63, 3.8) is 0 Å². The molecule has 0 aliphatic carbocycles. The Labute approximate surface area is 121 Å². The Morgan fingerprint density at radius 1 is 1.40 bits per heavy atom. The predicted molar refractivity (Wildman–Crippen MR) is 80.3 cm³/mol. The smallest absolute Gasteiger partial charge is 0.323 e. The summed E-state index contributed by atoms with van der Waals surface area (Å²) >= 11 is 0. The number of benzene rings is 1. The second kappa shape index (κ2) is 6.75. The molecule has 112 valence electrons. The van der Waals surface area contributed by atoms with Crippen molar-refractivity contribution in [1.29, 1.82) is 0 Å². The number of hydrogen-bond donors (Lipinski definition) is 2. The molecular weight excluding hydrogens is 254 g/mol. The fourth-order valence-corrected chi connectivity index (χ4v) is 2.12. The molecule has 0 aromatic heterocycles. The van der Waals surface area contributed by atoms with Crippen molar-refractivity contribution in [3.05, 3.63) is 29.3 Å². The predicted octanol–water partition coefficient (Wildman–Crippen LogP) is 2.91. The van der Waals surface area contributed by atoms with E-state index in [0.29, 0.717) is 13.0 Å². The lowest BCUT2D eigenvalue weighted by molar-refractivity contribution is -0.145. The standard InChI is InChI=1S/C16H25NO3/c1-11(2)17-16(5,15(18)19)9-10-20-14-8-6-7-12(3)13(14)4/h6-8,11,17H,9-10H2,1-5H3,(H,18,19). The molecule has 1 aromatic carbocycles. The number of carboxylic acid groups (broad SMARTS) is 1. The summed E-state index contributed by atoms with van der Waals surface area (Å²) in [5.41, 5.74) is 1.30. The minimum atomic E-state index is -0.966. The molecule has 0 saturated heterocycles. The van der Waals surface area contributed by atoms with Crippen molar-refractivity contribution in [2.45, 2.75) is 52.6 Å². The van der Waals surface area contributed by atoms with Crippen molar-refractivity contribution in [1.82, 2.24) is 5.32 Å². The number of aryl methyl sites for hydroxylation is 1. The highest BCUT2D eigenvalue weighted by Gasteiger charge is 2.33. The molecule has 0 spiro atoms. The van der Waals surface area contributed by atoms with Crippen LogP contribution in [0, 0.1) is 13.8 Å². The van der Waals surface area contributed by atoms with Gasteiger partial charge in [-0.3, -0.25) is 10.1 Å². The first-order valence-electron chi connectivity index (χ1n) is 6.96. The van der Waals surface area contributed by atoms with E-state index in [1.54, 1.807) is 6.92 Å². The molecule has 0 saturated carbocycles. The molecule has 0 heterocycles. The van der Waals surface area contributed by atoms with Gasteiger partial charge in [0.05, 0.1) is 6.61 Å². The number of nitrogens with one attached hydrogen (secondary N) is 1. The first-order valence-corrected chi connectivity index (χ1v) is 6.96. The minimum absolute atomic E-state index is 0.108. The quantitative estimate of drug-likeness (QED) is 0.805. The summed E-state index contributed by atoms with van der Waals surface area (Å²) in [4.78, 5) is 11.4. The number of rotatable bonds is 7. The summed E-state index contributed by atoms with van der Waals surface area (Å²) < 4.78 is 5.74. The second-order valence-corrected chi connectivity index (χ2v) is 5.73. The van der Waals surface area contributed by atoms with Gasteiger partial charge in [0.2, 0.25) is 0 Å².